The second-order valence-corrected chi connectivity index (χ2v) is 9.74. The Hall–Kier alpha value is -0.0831. The summed E-state index contributed by atoms with van der Waals surface area (Å²) in [5, 5.41) is 0. The molecule has 0 spiro atoms. The first-order valence-electron chi connectivity index (χ1n) is 4.20. The molecule has 1 atom stereocenters. The summed E-state index contributed by atoms with van der Waals surface area (Å²) >= 11 is 0. The highest BCUT2D eigenvalue weighted by atomic mass is 28.3. The highest BCUT2D eigenvalue weighted by Gasteiger charge is 2.12. The first-order chi connectivity index (χ1) is 4.95. The monoisotopic (exact) mass is 172 g/mol. The third-order valence-corrected chi connectivity index (χ3v) is 3.27. The highest BCUT2D eigenvalue weighted by Crippen LogP contribution is 2.08. The van der Waals surface area contributed by atoms with E-state index in [1.54, 1.807) is 0 Å². The highest BCUT2D eigenvalue weighted by molar-refractivity contribution is 6.76. The molecule has 0 aromatic heterocycles. The molecule has 0 rings (SSSR count). The fourth-order valence-electron chi connectivity index (χ4n) is 0.619. The van der Waals surface area contributed by atoms with Gasteiger partial charge in [0.05, 0.1) is 6.10 Å². The lowest BCUT2D eigenvalue weighted by atomic mass is 10.4. The van der Waals surface area contributed by atoms with Gasteiger partial charge < -0.3 is 4.74 Å². The molecular formula is C9H20OSi. The zero-order chi connectivity index (χ0) is 8.91. The molecular weight excluding hydrogens is 152 g/mol. The van der Waals surface area contributed by atoms with E-state index in [0.717, 1.165) is 6.61 Å². The summed E-state index contributed by atoms with van der Waals surface area (Å²) in [6, 6.07) is 1.24. The van der Waals surface area contributed by atoms with Crippen molar-refractivity contribution in [1.29, 1.82) is 0 Å². The molecule has 0 aromatic carbocycles. The minimum atomic E-state index is -0.896. The largest absolute Gasteiger partial charge is 0.375 e. The van der Waals surface area contributed by atoms with Crippen LogP contribution in [0.3, 0.4) is 0 Å². The zero-order valence-corrected chi connectivity index (χ0v) is 9.18. The Bertz CT molecular complexity index is 115. The van der Waals surface area contributed by atoms with Crippen LogP contribution in [-0.4, -0.2) is 20.8 Å². The van der Waals surface area contributed by atoms with Crippen molar-refractivity contribution in [3.8, 4) is 0 Å². The minimum absolute atomic E-state index is 0.214. The van der Waals surface area contributed by atoms with Crippen LogP contribution in [0, 0.1) is 0 Å². The molecule has 11 heavy (non-hydrogen) atoms. The molecule has 0 aliphatic heterocycles. The van der Waals surface area contributed by atoms with E-state index in [2.05, 4.69) is 26.2 Å². The molecule has 0 aliphatic rings. The number of hydrogen-bond donors (Lipinski definition) is 0. The van der Waals surface area contributed by atoms with E-state index in [0.29, 0.717) is 0 Å². The summed E-state index contributed by atoms with van der Waals surface area (Å²) in [5.74, 6) is 0. The van der Waals surface area contributed by atoms with Crippen LogP contribution in [0.15, 0.2) is 12.7 Å². The Morgan fingerprint density at radius 2 is 2.00 bits per heavy atom. The van der Waals surface area contributed by atoms with Gasteiger partial charge in [-0.1, -0.05) is 25.7 Å². The van der Waals surface area contributed by atoms with Gasteiger partial charge in [0.2, 0.25) is 0 Å². The third kappa shape index (κ3) is 7.82. The van der Waals surface area contributed by atoms with Gasteiger partial charge in [0, 0.05) is 14.7 Å². The molecule has 66 valence electrons. The van der Waals surface area contributed by atoms with Gasteiger partial charge in [0.1, 0.15) is 0 Å². The van der Waals surface area contributed by atoms with Crippen molar-refractivity contribution in [2.45, 2.75) is 38.7 Å². The van der Waals surface area contributed by atoms with Crippen molar-refractivity contribution in [2.24, 2.45) is 0 Å². The SMILES string of the molecule is C=CC(C)OCC[Si](C)(C)C. The molecule has 2 heteroatoms. The molecule has 0 fully saturated rings. The zero-order valence-electron chi connectivity index (χ0n) is 8.18. The predicted molar refractivity (Wildman–Crippen MR) is 53.8 cm³/mol. The van der Waals surface area contributed by atoms with Gasteiger partial charge in [-0.15, -0.1) is 6.58 Å². The predicted octanol–water partition coefficient (Wildman–Crippen LogP) is 2.92. The van der Waals surface area contributed by atoms with Gasteiger partial charge in [-0.05, 0) is 13.0 Å². The summed E-state index contributed by atoms with van der Waals surface area (Å²) in [7, 11) is -0.896. The van der Waals surface area contributed by atoms with Gasteiger partial charge in [-0.3, -0.25) is 0 Å². The third-order valence-electron chi connectivity index (χ3n) is 1.56. The van der Waals surface area contributed by atoms with Crippen LogP contribution < -0.4 is 0 Å². The van der Waals surface area contributed by atoms with Crippen molar-refractivity contribution < 1.29 is 4.74 Å². The first kappa shape index (κ1) is 10.9. The molecule has 0 saturated heterocycles. The van der Waals surface area contributed by atoms with Crippen molar-refractivity contribution in [1.82, 2.24) is 0 Å². The lowest BCUT2D eigenvalue weighted by Crippen LogP contribution is -2.22. The van der Waals surface area contributed by atoms with Crippen LogP contribution >= 0.6 is 0 Å². The van der Waals surface area contributed by atoms with Crippen molar-refractivity contribution >= 4 is 8.07 Å². The smallest absolute Gasteiger partial charge is 0.0724 e. The van der Waals surface area contributed by atoms with Crippen molar-refractivity contribution in [3.05, 3.63) is 12.7 Å². The lowest BCUT2D eigenvalue weighted by molar-refractivity contribution is 0.109. The second kappa shape index (κ2) is 4.73. The summed E-state index contributed by atoms with van der Waals surface area (Å²) < 4.78 is 5.48. The van der Waals surface area contributed by atoms with Gasteiger partial charge in [-0.2, -0.15) is 0 Å². The van der Waals surface area contributed by atoms with E-state index in [4.69, 9.17) is 4.74 Å². The Balaban J connectivity index is 3.35. The molecule has 0 aliphatic carbocycles. The number of rotatable bonds is 5. The summed E-state index contributed by atoms with van der Waals surface area (Å²) in [6.07, 6.45) is 2.05. The van der Waals surface area contributed by atoms with E-state index in [9.17, 15) is 0 Å². The van der Waals surface area contributed by atoms with Crippen LogP contribution in [0.2, 0.25) is 25.7 Å². The average molecular weight is 172 g/mol. The van der Waals surface area contributed by atoms with Gasteiger partial charge >= 0.3 is 0 Å². The topological polar surface area (TPSA) is 9.23 Å². The molecule has 0 saturated carbocycles. The number of ether oxygens (including phenoxy) is 1. The van der Waals surface area contributed by atoms with Crippen LogP contribution in [0.1, 0.15) is 6.92 Å². The Morgan fingerprint density at radius 3 is 2.36 bits per heavy atom. The first-order valence-corrected chi connectivity index (χ1v) is 7.90. The molecule has 0 amide bonds. The Kier molecular flexibility index (Phi) is 4.69. The lowest BCUT2D eigenvalue weighted by Gasteiger charge is -2.16. The van der Waals surface area contributed by atoms with Gasteiger partial charge in [-0.25, -0.2) is 0 Å². The molecule has 0 heterocycles. The second-order valence-electron chi connectivity index (χ2n) is 4.12. The van der Waals surface area contributed by atoms with E-state index in [1.807, 2.05) is 13.0 Å². The van der Waals surface area contributed by atoms with Crippen molar-refractivity contribution in [2.75, 3.05) is 6.61 Å². The van der Waals surface area contributed by atoms with Crippen LogP contribution in [0.4, 0.5) is 0 Å². The minimum Gasteiger partial charge on any atom is -0.375 e. The van der Waals surface area contributed by atoms with E-state index in [1.165, 1.54) is 6.04 Å². The van der Waals surface area contributed by atoms with E-state index < -0.39 is 8.07 Å². The Morgan fingerprint density at radius 1 is 1.45 bits per heavy atom. The Labute approximate surface area is 71.5 Å². The average Bonchev–Trinajstić information content (AvgIpc) is 1.85. The van der Waals surface area contributed by atoms with Crippen LogP contribution in [0.25, 0.3) is 0 Å². The fraction of sp³-hybridized carbons (Fsp3) is 0.778. The molecule has 0 bridgehead atoms. The standard InChI is InChI=1S/C9H20OSi/c1-6-9(2)10-7-8-11(3,4)5/h6,9H,1,7-8H2,2-5H3. The normalized spacial score (nSPS) is 14.5. The quantitative estimate of drug-likeness (QED) is 0.458. The fourth-order valence-corrected chi connectivity index (χ4v) is 1.35. The number of hydrogen-bond acceptors (Lipinski definition) is 1. The molecule has 1 unspecified atom stereocenters. The summed E-state index contributed by atoms with van der Waals surface area (Å²) in [5.41, 5.74) is 0. The summed E-state index contributed by atoms with van der Waals surface area (Å²) in [6.45, 7) is 13.6. The molecule has 0 N–H and O–H groups in total. The van der Waals surface area contributed by atoms with Crippen molar-refractivity contribution in [3.63, 3.8) is 0 Å². The maximum atomic E-state index is 5.48. The van der Waals surface area contributed by atoms with Gasteiger partial charge in [0.25, 0.3) is 0 Å². The maximum Gasteiger partial charge on any atom is 0.0724 e. The molecule has 1 nitrogen and oxygen atoms in total. The van der Waals surface area contributed by atoms with Crippen LogP contribution in [0.5, 0.6) is 0 Å². The summed E-state index contributed by atoms with van der Waals surface area (Å²) in [4.78, 5) is 0. The maximum absolute atomic E-state index is 5.48. The van der Waals surface area contributed by atoms with Crippen LogP contribution in [-0.2, 0) is 4.74 Å². The molecule has 0 aromatic rings. The van der Waals surface area contributed by atoms with E-state index in [-0.39, 0.29) is 6.10 Å². The van der Waals surface area contributed by atoms with E-state index >= 15 is 0 Å². The molecule has 0 radical (unpaired) electrons. The van der Waals surface area contributed by atoms with Gasteiger partial charge in [0.15, 0.2) is 0 Å².